The summed E-state index contributed by atoms with van der Waals surface area (Å²) in [5.74, 6) is -0.891. The van der Waals surface area contributed by atoms with E-state index in [1.54, 1.807) is 11.8 Å². The Morgan fingerprint density at radius 1 is 1.24 bits per heavy atom. The topological polar surface area (TPSA) is 108 Å². The van der Waals surface area contributed by atoms with Gasteiger partial charge in [0.2, 0.25) is 5.91 Å². The summed E-state index contributed by atoms with van der Waals surface area (Å²) >= 11 is 0. The van der Waals surface area contributed by atoms with Crippen molar-refractivity contribution in [2.75, 3.05) is 32.8 Å². The highest BCUT2D eigenvalue weighted by Crippen LogP contribution is 1.99. The van der Waals surface area contributed by atoms with Crippen molar-refractivity contribution in [3.05, 3.63) is 0 Å². The Morgan fingerprint density at radius 2 is 1.90 bits per heavy atom. The zero-order chi connectivity index (χ0) is 15.7. The molecule has 1 rings (SSSR count). The number of ether oxygens (including phenoxy) is 1. The Morgan fingerprint density at radius 3 is 2.52 bits per heavy atom. The zero-order valence-corrected chi connectivity index (χ0v) is 12.3. The minimum Gasteiger partial charge on any atom is -0.481 e. The van der Waals surface area contributed by atoms with E-state index in [-0.39, 0.29) is 37.4 Å². The maximum Gasteiger partial charge on any atom is 0.315 e. The third-order valence-electron chi connectivity index (χ3n) is 3.16. The maximum absolute atomic E-state index is 11.8. The molecular formula is C13H23N3O5. The van der Waals surface area contributed by atoms with Gasteiger partial charge in [-0.25, -0.2) is 4.79 Å². The van der Waals surface area contributed by atoms with Crippen LogP contribution in [0, 0.1) is 0 Å². The van der Waals surface area contributed by atoms with Crippen LogP contribution in [0.25, 0.3) is 0 Å². The first kappa shape index (κ1) is 17.2. The molecule has 0 radical (unpaired) electrons. The van der Waals surface area contributed by atoms with Crippen molar-refractivity contribution in [1.82, 2.24) is 15.5 Å². The van der Waals surface area contributed by atoms with E-state index in [4.69, 9.17) is 9.84 Å². The van der Waals surface area contributed by atoms with Crippen molar-refractivity contribution in [2.45, 2.75) is 32.2 Å². The SMILES string of the molecule is CC(CCC(=O)O)NC(=O)NCCC(=O)N1CCOCC1. The van der Waals surface area contributed by atoms with Crippen LogP contribution >= 0.6 is 0 Å². The lowest BCUT2D eigenvalue weighted by Gasteiger charge is -2.26. The zero-order valence-electron chi connectivity index (χ0n) is 12.3. The number of carbonyl (C=O) groups is 3. The number of nitrogens with one attached hydrogen (secondary N) is 2. The number of carbonyl (C=O) groups excluding carboxylic acids is 2. The second-order valence-electron chi connectivity index (χ2n) is 4.98. The van der Waals surface area contributed by atoms with E-state index in [0.717, 1.165) is 0 Å². The fraction of sp³-hybridized carbons (Fsp3) is 0.769. The van der Waals surface area contributed by atoms with Crippen molar-refractivity contribution in [1.29, 1.82) is 0 Å². The number of amides is 3. The first-order chi connectivity index (χ1) is 9.99. The average molecular weight is 301 g/mol. The molecule has 1 saturated heterocycles. The Kier molecular flexibility index (Phi) is 7.52. The monoisotopic (exact) mass is 301 g/mol. The van der Waals surface area contributed by atoms with Crippen LogP contribution in [0.4, 0.5) is 4.79 Å². The Bertz CT molecular complexity index is 369. The molecule has 3 amide bonds. The van der Waals surface area contributed by atoms with Crippen LogP contribution in [-0.4, -0.2) is 66.8 Å². The van der Waals surface area contributed by atoms with Gasteiger partial charge in [0, 0.05) is 38.5 Å². The molecule has 1 unspecified atom stereocenters. The maximum atomic E-state index is 11.8. The van der Waals surface area contributed by atoms with Gasteiger partial charge in [0.25, 0.3) is 0 Å². The molecule has 3 N–H and O–H groups in total. The fourth-order valence-electron chi connectivity index (χ4n) is 1.94. The van der Waals surface area contributed by atoms with E-state index in [9.17, 15) is 14.4 Å². The number of carboxylic acids is 1. The van der Waals surface area contributed by atoms with Gasteiger partial charge < -0.3 is 25.4 Å². The van der Waals surface area contributed by atoms with Gasteiger partial charge in [0.15, 0.2) is 0 Å². The molecule has 1 fully saturated rings. The van der Waals surface area contributed by atoms with Gasteiger partial charge in [0.05, 0.1) is 13.2 Å². The number of morpholine rings is 1. The van der Waals surface area contributed by atoms with Crippen molar-refractivity contribution in [2.24, 2.45) is 0 Å². The number of aliphatic carboxylic acids is 1. The van der Waals surface area contributed by atoms with E-state index < -0.39 is 5.97 Å². The molecule has 1 atom stereocenters. The van der Waals surface area contributed by atoms with Crippen LogP contribution in [0.5, 0.6) is 0 Å². The van der Waals surface area contributed by atoms with Gasteiger partial charge in [-0.05, 0) is 13.3 Å². The summed E-state index contributed by atoms with van der Waals surface area (Å²) in [6, 6.07) is -0.612. The van der Waals surface area contributed by atoms with Crippen molar-refractivity contribution < 1.29 is 24.2 Å². The largest absolute Gasteiger partial charge is 0.481 e. The molecule has 1 aliphatic heterocycles. The lowest BCUT2D eigenvalue weighted by Crippen LogP contribution is -2.44. The second-order valence-corrected chi connectivity index (χ2v) is 4.98. The van der Waals surface area contributed by atoms with Gasteiger partial charge in [-0.15, -0.1) is 0 Å². The van der Waals surface area contributed by atoms with Crippen molar-refractivity contribution in [3.8, 4) is 0 Å². The lowest BCUT2D eigenvalue weighted by molar-refractivity contribution is -0.137. The molecule has 0 aromatic carbocycles. The molecule has 1 aliphatic rings. The van der Waals surface area contributed by atoms with Gasteiger partial charge in [-0.2, -0.15) is 0 Å². The Labute approximate surface area is 123 Å². The molecule has 8 nitrogen and oxygen atoms in total. The summed E-state index contributed by atoms with van der Waals surface area (Å²) < 4.78 is 5.16. The third-order valence-corrected chi connectivity index (χ3v) is 3.16. The number of rotatable bonds is 7. The molecule has 0 aliphatic carbocycles. The number of carboxylic acid groups (broad SMARTS) is 1. The quantitative estimate of drug-likeness (QED) is 0.603. The van der Waals surface area contributed by atoms with E-state index >= 15 is 0 Å². The Balaban J connectivity index is 2.12. The van der Waals surface area contributed by atoms with Gasteiger partial charge in [-0.1, -0.05) is 0 Å². The third kappa shape index (κ3) is 7.50. The molecule has 0 saturated carbocycles. The summed E-state index contributed by atoms with van der Waals surface area (Å²) in [6.07, 6.45) is 0.628. The van der Waals surface area contributed by atoms with Gasteiger partial charge in [-0.3, -0.25) is 9.59 Å². The standard InChI is InChI=1S/C13H23N3O5/c1-10(2-3-12(18)19)15-13(20)14-5-4-11(17)16-6-8-21-9-7-16/h10H,2-9H2,1H3,(H,18,19)(H2,14,15,20). The van der Waals surface area contributed by atoms with Crippen LogP contribution in [0.2, 0.25) is 0 Å². The summed E-state index contributed by atoms with van der Waals surface area (Å²) in [6.45, 7) is 4.30. The van der Waals surface area contributed by atoms with Gasteiger partial charge in [0.1, 0.15) is 0 Å². The number of urea groups is 1. The molecule has 0 aromatic heterocycles. The summed E-state index contributed by atoms with van der Waals surface area (Å²) in [7, 11) is 0. The van der Waals surface area contributed by atoms with Crippen LogP contribution in [-0.2, 0) is 14.3 Å². The molecule has 21 heavy (non-hydrogen) atoms. The number of hydrogen-bond donors (Lipinski definition) is 3. The van der Waals surface area contributed by atoms with Crippen molar-refractivity contribution >= 4 is 17.9 Å². The minimum atomic E-state index is -0.889. The van der Waals surface area contributed by atoms with Crippen LogP contribution in [0.1, 0.15) is 26.2 Å². The molecule has 8 heteroatoms. The van der Waals surface area contributed by atoms with E-state index in [0.29, 0.717) is 32.7 Å². The van der Waals surface area contributed by atoms with Crippen LogP contribution in [0.15, 0.2) is 0 Å². The number of nitrogens with zero attached hydrogens (tertiary/aromatic N) is 1. The summed E-state index contributed by atoms with van der Waals surface area (Å²) in [4.78, 5) is 35.5. The van der Waals surface area contributed by atoms with Gasteiger partial charge >= 0.3 is 12.0 Å². The van der Waals surface area contributed by atoms with E-state index in [1.807, 2.05) is 0 Å². The molecule has 0 spiro atoms. The highest BCUT2D eigenvalue weighted by Gasteiger charge is 2.16. The lowest BCUT2D eigenvalue weighted by atomic mass is 10.2. The normalized spacial score (nSPS) is 16.1. The summed E-state index contributed by atoms with van der Waals surface area (Å²) in [5, 5.41) is 13.8. The highest BCUT2D eigenvalue weighted by atomic mass is 16.5. The first-order valence-electron chi connectivity index (χ1n) is 7.10. The van der Waals surface area contributed by atoms with Crippen LogP contribution < -0.4 is 10.6 Å². The molecule has 0 bridgehead atoms. The number of hydrogen-bond acceptors (Lipinski definition) is 4. The smallest absolute Gasteiger partial charge is 0.315 e. The average Bonchev–Trinajstić information content (AvgIpc) is 2.46. The molecule has 120 valence electrons. The predicted molar refractivity (Wildman–Crippen MR) is 74.9 cm³/mol. The molecule has 0 aromatic rings. The van der Waals surface area contributed by atoms with Crippen LogP contribution in [0.3, 0.4) is 0 Å². The van der Waals surface area contributed by atoms with E-state index in [2.05, 4.69) is 10.6 Å². The predicted octanol–water partition coefficient (Wildman–Crippen LogP) is -0.212. The Hall–Kier alpha value is -1.83. The summed E-state index contributed by atoms with van der Waals surface area (Å²) in [5.41, 5.74) is 0. The van der Waals surface area contributed by atoms with Crippen molar-refractivity contribution in [3.63, 3.8) is 0 Å². The molecule has 1 heterocycles. The first-order valence-corrected chi connectivity index (χ1v) is 7.10. The highest BCUT2D eigenvalue weighted by molar-refractivity contribution is 5.78. The fourth-order valence-corrected chi connectivity index (χ4v) is 1.94. The molecular weight excluding hydrogens is 278 g/mol. The second kappa shape index (κ2) is 9.17. The van der Waals surface area contributed by atoms with E-state index in [1.165, 1.54) is 0 Å². The minimum absolute atomic E-state index is 0.00229.